The second kappa shape index (κ2) is 3.90. The molecular formula is C7H14NOSi+. The lowest BCUT2D eigenvalue weighted by molar-refractivity contribution is 0.0714. The molecule has 10 heavy (non-hydrogen) atoms. The summed E-state index contributed by atoms with van der Waals surface area (Å²) < 4.78 is 7.71. The standard InChI is InChI=1S/C7H14NOSi/c1-3-10(2)8-4-6-9-7-5-8/h3H,1,4-7H2,2H3/q+1. The number of hydrogen-bond donors (Lipinski definition) is 0. The molecule has 0 aromatic carbocycles. The number of nitrogens with zero attached hydrogens (tertiary/aromatic N) is 1. The van der Waals surface area contributed by atoms with Crippen LogP contribution >= 0.6 is 0 Å². The molecule has 0 spiro atoms. The maximum atomic E-state index is 5.23. The maximum Gasteiger partial charge on any atom is 0.432 e. The van der Waals surface area contributed by atoms with Crippen LogP contribution in [0.4, 0.5) is 0 Å². The fourth-order valence-corrected chi connectivity index (χ4v) is 2.19. The van der Waals surface area contributed by atoms with Crippen LogP contribution in [0.5, 0.6) is 0 Å². The van der Waals surface area contributed by atoms with Crippen molar-refractivity contribution in [3.8, 4) is 0 Å². The Morgan fingerprint density at radius 2 is 2.10 bits per heavy atom. The van der Waals surface area contributed by atoms with E-state index in [0.29, 0.717) is 0 Å². The number of morpholine rings is 1. The summed E-state index contributed by atoms with van der Waals surface area (Å²) >= 11 is 0. The van der Waals surface area contributed by atoms with Crippen LogP contribution in [-0.2, 0) is 4.74 Å². The van der Waals surface area contributed by atoms with E-state index in [0.717, 1.165) is 26.3 Å². The predicted molar refractivity (Wildman–Crippen MR) is 44.2 cm³/mol. The third-order valence-electron chi connectivity index (χ3n) is 1.81. The van der Waals surface area contributed by atoms with Crippen molar-refractivity contribution < 1.29 is 4.74 Å². The van der Waals surface area contributed by atoms with Crippen LogP contribution in [0.15, 0.2) is 12.3 Å². The Balaban J connectivity index is 2.30. The smallest absolute Gasteiger partial charge is 0.379 e. The van der Waals surface area contributed by atoms with Gasteiger partial charge in [-0.15, -0.1) is 0 Å². The predicted octanol–water partition coefficient (Wildman–Crippen LogP) is 0.665. The van der Waals surface area contributed by atoms with Crippen LogP contribution in [0.1, 0.15) is 0 Å². The molecule has 0 unspecified atom stereocenters. The van der Waals surface area contributed by atoms with Crippen LogP contribution in [0, 0.1) is 0 Å². The fraction of sp³-hybridized carbons (Fsp3) is 0.714. The lowest BCUT2D eigenvalue weighted by atomic mass is 10.5. The number of ether oxygens (including phenoxy) is 1. The van der Waals surface area contributed by atoms with Gasteiger partial charge in [0, 0.05) is 0 Å². The molecule has 0 aromatic heterocycles. The summed E-state index contributed by atoms with van der Waals surface area (Å²) in [7, 11) is -0.412. The molecule has 2 nitrogen and oxygen atoms in total. The quantitative estimate of drug-likeness (QED) is 0.545. The zero-order valence-electron chi connectivity index (χ0n) is 6.47. The highest BCUT2D eigenvalue weighted by Gasteiger charge is 2.28. The molecule has 0 N–H and O–H groups in total. The third kappa shape index (κ3) is 1.93. The van der Waals surface area contributed by atoms with E-state index in [9.17, 15) is 0 Å². The summed E-state index contributed by atoms with van der Waals surface area (Å²) in [5, 5.41) is 0. The van der Waals surface area contributed by atoms with Crippen molar-refractivity contribution in [2.45, 2.75) is 6.55 Å². The normalized spacial score (nSPS) is 20.5. The third-order valence-corrected chi connectivity index (χ3v) is 3.84. The van der Waals surface area contributed by atoms with Gasteiger partial charge in [-0.05, 0) is 0 Å². The van der Waals surface area contributed by atoms with Crippen LogP contribution in [0.3, 0.4) is 0 Å². The highest BCUT2D eigenvalue weighted by Crippen LogP contribution is 2.00. The molecule has 0 radical (unpaired) electrons. The van der Waals surface area contributed by atoms with E-state index >= 15 is 0 Å². The summed E-state index contributed by atoms with van der Waals surface area (Å²) in [4.78, 5) is 0. The van der Waals surface area contributed by atoms with Gasteiger partial charge in [-0.3, -0.25) is 0 Å². The zero-order chi connectivity index (χ0) is 7.40. The summed E-state index contributed by atoms with van der Waals surface area (Å²) in [6.07, 6.45) is 0. The van der Waals surface area contributed by atoms with E-state index in [1.807, 2.05) is 0 Å². The van der Waals surface area contributed by atoms with Gasteiger partial charge in [-0.25, -0.2) is 0 Å². The minimum absolute atomic E-state index is 0.412. The van der Waals surface area contributed by atoms with E-state index < -0.39 is 8.96 Å². The Kier molecular flexibility index (Phi) is 3.12. The Morgan fingerprint density at radius 3 is 2.60 bits per heavy atom. The number of hydrogen-bond acceptors (Lipinski definition) is 2. The maximum absolute atomic E-state index is 5.23. The van der Waals surface area contributed by atoms with Crippen molar-refractivity contribution in [1.82, 2.24) is 4.57 Å². The van der Waals surface area contributed by atoms with Crippen LogP contribution < -0.4 is 0 Å². The SMILES string of the molecule is C=C[Si+](C)N1CCOCC1. The summed E-state index contributed by atoms with van der Waals surface area (Å²) in [5.74, 6) is 0. The molecule has 1 fully saturated rings. The van der Waals surface area contributed by atoms with Crippen molar-refractivity contribution in [1.29, 1.82) is 0 Å². The molecule has 3 heteroatoms. The largest absolute Gasteiger partial charge is 0.432 e. The molecule has 1 heterocycles. The Hall–Kier alpha value is -0.123. The minimum atomic E-state index is -0.412. The summed E-state index contributed by atoms with van der Waals surface area (Å²) in [6.45, 7) is 10.1. The van der Waals surface area contributed by atoms with Crippen molar-refractivity contribution in [2.24, 2.45) is 0 Å². The molecule has 1 rings (SSSR count). The first-order valence-electron chi connectivity index (χ1n) is 3.63. The van der Waals surface area contributed by atoms with Crippen molar-refractivity contribution in [3.05, 3.63) is 12.3 Å². The highest BCUT2D eigenvalue weighted by atomic mass is 28.3. The van der Waals surface area contributed by atoms with E-state index in [1.54, 1.807) is 0 Å². The van der Waals surface area contributed by atoms with Gasteiger partial charge in [-0.2, -0.15) is 4.57 Å². The van der Waals surface area contributed by atoms with Gasteiger partial charge < -0.3 is 4.74 Å². The van der Waals surface area contributed by atoms with Crippen molar-refractivity contribution >= 4 is 8.96 Å². The first kappa shape index (κ1) is 7.98. The average molecular weight is 156 g/mol. The molecule has 56 valence electrons. The van der Waals surface area contributed by atoms with Crippen LogP contribution in [0.25, 0.3) is 0 Å². The molecule has 0 atom stereocenters. The Labute approximate surface area is 64.2 Å². The van der Waals surface area contributed by atoms with Crippen LogP contribution in [0.2, 0.25) is 6.55 Å². The van der Waals surface area contributed by atoms with Gasteiger partial charge in [-0.1, -0.05) is 6.58 Å². The number of rotatable bonds is 2. The molecule has 1 saturated heterocycles. The van der Waals surface area contributed by atoms with Crippen LogP contribution in [-0.4, -0.2) is 39.8 Å². The van der Waals surface area contributed by atoms with Gasteiger partial charge in [0.15, 0.2) is 0 Å². The van der Waals surface area contributed by atoms with E-state index in [1.165, 1.54) is 0 Å². The lowest BCUT2D eigenvalue weighted by Crippen LogP contribution is -2.43. The second-order valence-electron chi connectivity index (χ2n) is 2.44. The lowest BCUT2D eigenvalue weighted by Gasteiger charge is -2.20. The summed E-state index contributed by atoms with van der Waals surface area (Å²) in [6, 6.07) is 0. The Bertz CT molecular complexity index is 112. The van der Waals surface area contributed by atoms with Gasteiger partial charge in [0.1, 0.15) is 0 Å². The molecule has 1 aliphatic heterocycles. The Morgan fingerprint density at radius 1 is 1.50 bits per heavy atom. The molecule has 0 aliphatic carbocycles. The van der Waals surface area contributed by atoms with E-state index in [4.69, 9.17) is 4.74 Å². The van der Waals surface area contributed by atoms with Gasteiger partial charge in [0.05, 0.1) is 38.5 Å². The monoisotopic (exact) mass is 156 g/mol. The van der Waals surface area contributed by atoms with E-state index in [-0.39, 0.29) is 0 Å². The van der Waals surface area contributed by atoms with Crippen molar-refractivity contribution in [3.63, 3.8) is 0 Å². The first-order valence-corrected chi connectivity index (χ1v) is 5.65. The highest BCUT2D eigenvalue weighted by molar-refractivity contribution is 6.59. The molecule has 0 amide bonds. The van der Waals surface area contributed by atoms with Gasteiger partial charge >= 0.3 is 8.96 Å². The molecule has 0 bridgehead atoms. The average Bonchev–Trinajstić information content (AvgIpc) is 2.05. The summed E-state index contributed by atoms with van der Waals surface area (Å²) in [5.41, 5.74) is 2.08. The topological polar surface area (TPSA) is 12.5 Å². The van der Waals surface area contributed by atoms with Crippen molar-refractivity contribution in [2.75, 3.05) is 26.3 Å². The zero-order valence-corrected chi connectivity index (χ0v) is 7.47. The van der Waals surface area contributed by atoms with Gasteiger partial charge in [0.25, 0.3) is 0 Å². The molecule has 0 aromatic rings. The van der Waals surface area contributed by atoms with E-state index in [2.05, 4.69) is 23.4 Å². The first-order chi connectivity index (χ1) is 4.84. The minimum Gasteiger partial charge on any atom is -0.379 e. The van der Waals surface area contributed by atoms with Gasteiger partial charge in [0.2, 0.25) is 0 Å². The molecular weight excluding hydrogens is 142 g/mol. The fourth-order valence-electron chi connectivity index (χ4n) is 1.05. The molecule has 1 aliphatic rings. The molecule has 0 saturated carbocycles. The second-order valence-corrected chi connectivity index (χ2v) is 4.77.